The molecule has 0 saturated carbocycles. The Balaban J connectivity index is 2.61. The van der Waals surface area contributed by atoms with Gasteiger partial charge in [0.15, 0.2) is 0 Å². The van der Waals surface area contributed by atoms with Gasteiger partial charge in [0.05, 0.1) is 29.2 Å². The highest BCUT2D eigenvalue weighted by Crippen LogP contribution is 2.25. The van der Waals surface area contributed by atoms with Crippen molar-refractivity contribution in [3.63, 3.8) is 0 Å². The molecule has 1 aromatic carbocycles. The van der Waals surface area contributed by atoms with Gasteiger partial charge < -0.3 is 19.5 Å². The molecule has 114 valence electrons. The lowest BCUT2D eigenvalue weighted by molar-refractivity contribution is 0.0697. The van der Waals surface area contributed by atoms with E-state index in [1.165, 1.54) is 0 Å². The number of benzene rings is 1. The van der Waals surface area contributed by atoms with Crippen molar-refractivity contribution in [1.29, 1.82) is 0 Å². The number of aryl methyl sites for hydroxylation is 1. The van der Waals surface area contributed by atoms with E-state index in [0.717, 1.165) is 23.3 Å². The Morgan fingerprint density at radius 3 is 2.81 bits per heavy atom. The molecule has 0 aliphatic heterocycles. The summed E-state index contributed by atoms with van der Waals surface area (Å²) in [6, 6.07) is 4.84. The average Bonchev–Trinajstić information content (AvgIpc) is 2.84. The maximum absolute atomic E-state index is 11.2. The van der Waals surface area contributed by atoms with Crippen LogP contribution in [-0.2, 0) is 11.2 Å². The van der Waals surface area contributed by atoms with Crippen LogP contribution in [0.4, 0.5) is 0 Å². The van der Waals surface area contributed by atoms with Crippen molar-refractivity contribution in [2.45, 2.75) is 25.8 Å². The molecule has 1 heterocycles. The second kappa shape index (κ2) is 6.69. The summed E-state index contributed by atoms with van der Waals surface area (Å²) in [6.45, 7) is 2.48. The second-order valence-electron chi connectivity index (χ2n) is 4.88. The first-order valence-corrected chi connectivity index (χ1v) is 6.96. The molecule has 0 spiro atoms. The SMILES string of the molecule is CCc1nc2ccc(C(=O)O)cc2n1C(CCO)COC. The Hall–Kier alpha value is -1.92. The maximum atomic E-state index is 11.2. The van der Waals surface area contributed by atoms with Crippen molar-refractivity contribution in [3.8, 4) is 0 Å². The van der Waals surface area contributed by atoms with Crippen LogP contribution in [0.15, 0.2) is 18.2 Å². The third-order valence-electron chi connectivity index (χ3n) is 3.51. The van der Waals surface area contributed by atoms with Gasteiger partial charge in [-0.3, -0.25) is 0 Å². The Bertz CT molecular complexity index is 630. The summed E-state index contributed by atoms with van der Waals surface area (Å²) >= 11 is 0. The van der Waals surface area contributed by atoms with Crippen molar-refractivity contribution in [2.24, 2.45) is 0 Å². The monoisotopic (exact) mass is 292 g/mol. The van der Waals surface area contributed by atoms with Crippen LogP contribution in [-0.4, -0.2) is 46.1 Å². The lowest BCUT2D eigenvalue weighted by atomic mass is 10.1. The Labute approximate surface area is 123 Å². The molecule has 0 radical (unpaired) electrons. The second-order valence-corrected chi connectivity index (χ2v) is 4.88. The fourth-order valence-corrected chi connectivity index (χ4v) is 2.56. The predicted molar refractivity (Wildman–Crippen MR) is 78.7 cm³/mol. The summed E-state index contributed by atoms with van der Waals surface area (Å²) in [7, 11) is 1.61. The van der Waals surface area contributed by atoms with Crippen molar-refractivity contribution < 1.29 is 19.7 Å². The number of carboxylic acid groups (broad SMARTS) is 1. The van der Waals surface area contributed by atoms with Gasteiger partial charge in [0, 0.05) is 20.1 Å². The van der Waals surface area contributed by atoms with Crippen LogP contribution in [0.3, 0.4) is 0 Å². The van der Waals surface area contributed by atoms with Crippen LogP contribution in [0.25, 0.3) is 11.0 Å². The van der Waals surface area contributed by atoms with Gasteiger partial charge in [0.2, 0.25) is 0 Å². The summed E-state index contributed by atoms with van der Waals surface area (Å²) in [6.07, 6.45) is 1.26. The number of ether oxygens (including phenoxy) is 1. The first kappa shape index (κ1) is 15.5. The number of aliphatic hydroxyl groups excluding tert-OH is 1. The number of imidazole rings is 1. The smallest absolute Gasteiger partial charge is 0.335 e. The van der Waals surface area contributed by atoms with E-state index >= 15 is 0 Å². The topological polar surface area (TPSA) is 84.6 Å². The highest BCUT2D eigenvalue weighted by molar-refractivity contribution is 5.92. The zero-order valence-electron chi connectivity index (χ0n) is 12.2. The molecule has 1 atom stereocenters. The third-order valence-corrected chi connectivity index (χ3v) is 3.51. The Morgan fingerprint density at radius 2 is 2.24 bits per heavy atom. The van der Waals surface area contributed by atoms with Gasteiger partial charge in [0.25, 0.3) is 0 Å². The zero-order chi connectivity index (χ0) is 15.4. The number of hydrogen-bond acceptors (Lipinski definition) is 4. The van der Waals surface area contributed by atoms with Crippen LogP contribution in [0.5, 0.6) is 0 Å². The highest BCUT2D eigenvalue weighted by Gasteiger charge is 2.19. The van der Waals surface area contributed by atoms with Gasteiger partial charge >= 0.3 is 5.97 Å². The lowest BCUT2D eigenvalue weighted by Gasteiger charge is -2.20. The van der Waals surface area contributed by atoms with Crippen LogP contribution in [0, 0.1) is 0 Å². The molecule has 2 aromatic rings. The molecular formula is C15H20N2O4. The van der Waals surface area contributed by atoms with E-state index in [2.05, 4.69) is 4.98 Å². The number of carbonyl (C=O) groups is 1. The van der Waals surface area contributed by atoms with E-state index in [-0.39, 0.29) is 18.2 Å². The molecule has 1 aromatic heterocycles. The van der Waals surface area contributed by atoms with Gasteiger partial charge in [-0.15, -0.1) is 0 Å². The minimum absolute atomic E-state index is 0.0372. The molecule has 2 rings (SSSR count). The summed E-state index contributed by atoms with van der Waals surface area (Å²) in [5.74, 6) is -0.101. The van der Waals surface area contributed by atoms with E-state index in [1.807, 2.05) is 11.5 Å². The van der Waals surface area contributed by atoms with E-state index < -0.39 is 5.97 Å². The molecule has 0 amide bonds. The number of aromatic nitrogens is 2. The van der Waals surface area contributed by atoms with E-state index in [0.29, 0.717) is 13.0 Å². The van der Waals surface area contributed by atoms with Crippen molar-refractivity contribution in [2.75, 3.05) is 20.3 Å². The van der Waals surface area contributed by atoms with Crippen molar-refractivity contribution in [1.82, 2.24) is 9.55 Å². The number of rotatable bonds is 7. The van der Waals surface area contributed by atoms with Crippen molar-refractivity contribution >= 4 is 17.0 Å². The van der Waals surface area contributed by atoms with Gasteiger partial charge in [-0.25, -0.2) is 9.78 Å². The summed E-state index contributed by atoms with van der Waals surface area (Å²) in [5, 5.41) is 18.4. The summed E-state index contributed by atoms with van der Waals surface area (Å²) in [5.41, 5.74) is 1.75. The number of methoxy groups -OCH3 is 1. The predicted octanol–water partition coefficient (Wildman–Crippen LogP) is 1.87. The fraction of sp³-hybridized carbons (Fsp3) is 0.467. The zero-order valence-corrected chi connectivity index (χ0v) is 12.2. The molecule has 21 heavy (non-hydrogen) atoms. The molecule has 1 unspecified atom stereocenters. The largest absolute Gasteiger partial charge is 0.478 e. The fourth-order valence-electron chi connectivity index (χ4n) is 2.56. The summed E-state index contributed by atoms with van der Waals surface area (Å²) in [4.78, 5) is 15.7. The molecule has 0 aliphatic carbocycles. The van der Waals surface area contributed by atoms with Crippen LogP contribution >= 0.6 is 0 Å². The summed E-state index contributed by atoms with van der Waals surface area (Å²) < 4.78 is 7.22. The van der Waals surface area contributed by atoms with Gasteiger partial charge in [-0.2, -0.15) is 0 Å². The van der Waals surface area contributed by atoms with E-state index in [1.54, 1.807) is 25.3 Å². The molecule has 6 nitrogen and oxygen atoms in total. The number of nitrogens with zero attached hydrogens (tertiary/aromatic N) is 2. The van der Waals surface area contributed by atoms with Crippen LogP contribution < -0.4 is 0 Å². The number of carboxylic acids is 1. The lowest BCUT2D eigenvalue weighted by Crippen LogP contribution is -2.18. The highest BCUT2D eigenvalue weighted by atomic mass is 16.5. The maximum Gasteiger partial charge on any atom is 0.335 e. The molecule has 0 saturated heterocycles. The molecule has 6 heteroatoms. The van der Waals surface area contributed by atoms with Crippen molar-refractivity contribution in [3.05, 3.63) is 29.6 Å². The normalized spacial score (nSPS) is 12.7. The van der Waals surface area contributed by atoms with Gasteiger partial charge in [0.1, 0.15) is 5.82 Å². The number of hydrogen-bond donors (Lipinski definition) is 2. The van der Waals surface area contributed by atoms with Crippen LogP contribution in [0.2, 0.25) is 0 Å². The number of aromatic carboxylic acids is 1. The Morgan fingerprint density at radius 1 is 1.48 bits per heavy atom. The molecule has 2 N–H and O–H groups in total. The van der Waals surface area contributed by atoms with E-state index in [9.17, 15) is 9.90 Å². The van der Waals surface area contributed by atoms with Gasteiger partial charge in [-0.1, -0.05) is 6.92 Å². The minimum atomic E-state index is -0.965. The molecule has 0 fully saturated rings. The number of fused-ring (bicyclic) bond motifs is 1. The molecule has 0 aliphatic rings. The average molecular weight is 292 g/mol. The third kappa shape index (κ3) is 3.06. The Kier molecular flexibility index (Phi) is 4.93. The minimum Gasteiger partial charge on any atom is -0.478 e. The quantitative estimate of drug-likeness (QED) is 0.813. The van der Waals surface area contributed by atoms with E-state index in [4.69, 9.17) is 9.84 Å². The van der Waals surface area contributed by atoms with Gasteiger partial charge in [-0.05, 0) is 24.6 Å². The first-order chi connectivity index (χ1) is 10.1. The molecular weight excluding hydrogens is 272 g/mol. The first-order valence-electron chi connectivity index (χ1n) is 6.96. The van der Waals surface area contributed by atoms with Crippen LogP contribution in [0.1, 0.15) is 35.6 Å². The number of aliphatic hydroxyl groups is 1. The standard InChI is InChI=1S/C15H20N2O4/c1-3-14-16-12-5-4-10(15(19)20)8-13(12)17(14)11(6-7-18)9-21-2/h4-5,8,11,18H,3,6-7,9H2,1-2H3,(H,19,20). The molecule has 0 bridgehead atoms.